The SMILES string of the molecule is Cl.O=C(CCC1CCNCC1)Nc1ccc(CCC(F)(F)F)cc1. The number of alkyl halides is 3. The topological polar surface area (TPSA) is 41.1 Å². The van der Waals surface area contributed by atoms with Gasteiger partial charge in [-0.2, -0.15) is 13.2 Å². The molecule has 1 aliphatic rings. The van der Waals surface area contributed by atoms with Crippen molar-refractivity contribution >= 4 is 24.0 Å². The summed E-state index contributed by atoms with van der Waals surface area (Å²) in [5.41, 5.74) is 1.26. The van der Waals surface area contributed by atoms with Crippen LogP contribution in [0.2, 0.25) is 0 Å². The molecule has 1 saturated heterocycles. The molecule has 1 heterocycles. The summed E-state index contributed by atoms with van der Waals surface area (Å²) in [6.07, 6.45) is -1.40. The molecule has 2 rings (SSSR count). The zero-order valence-electron chi connectivity index (χ0n) is 13.5. The Balaban J connectivity index is 0.00000288. The third-order valence-corrected chi connectivity index (χ3v) is 4.17. The summed E-state index contributed by atoms with van der Waals surface area (Å²) in [7, 11) is 0. The smallest absolute Gasteiger partial charge is 0.326 e. The molecule has 0 radical (unpaired) electrons. The zero-order valence-corrected chi connectivity index (χ0v) is 14.3. The lowest BCUT2D eigenvalue weighted by molar-refractivity contribution is -0.134. The van der Waals surface area contributed by atoms with Crippen LogP contribution in [-0.2, 0) is 11.2 Å². The van der Waals surface area contributed by atoms with E-state index in [0.717, 1.165) is 32.4 Å². The van der Waals surface area contributed by atoms with Crippen LogP contribution in [0.5, 0.6) is 0 Å². The molecular weight excluding hydrogens is 341 g/mol. The number of anilines is 1. The summed E-state index contributed by atoms with van der Waals surface area (Å²) in [5.74, 6) is 0.568. The molecule has 1 aliphatic heterocycles. The van der Waals surface area contributed by atoms with E-state index in [-0.39, 0.29) is 24.7 Å². The lowest BCUT2D eigenvalue weighted by atomic mass is 9.93. The highest BCUT2D eigenvalue weighted by Gasteiger charge is 2.26. The normalized spacial score (nSPS) is 15.6. The molecule has 0 bridgehead atoms. The van der Waals surface area contributed by atoms with Crippen LogP contribution in [0, 0.1) is 5.92 Å². The average molecular weight is 365 g/mol. The molecule has 1 aromatic rings. The van der Waals surface area contributed by atoms with Gasteiger partial charge in [0, 0.05) is 18.5 Å². The second-order valence-corrected chi connectivity index (χ2v) is 6.09. The van der Waals surface area contributed by atoms with E-state index in [2.05, 4.69) is 10.6 Å². The predicted molar refractivity (Wildman–Crippen MR) is 91.5 cm³/mol. The van der Waals surface area contributed by atoms with Crippen LogP contribution >= 0.6 is 12.4 Å². The van der Waals surface area contributed by atoms with Crippen molar-refractivity contribution in [1.82, 2.24) is 5.32 Å². The van der Waals surface area contributed by atoms with Gasteiger partial charge in [-0.3, -0.25) is 4.79 Å². The van der Waals surface area contributed by atoms with Gasteiger partial charge in [0.2, 0.25) is 5.91 Å². The van der Waals surface area contributed by atoms with Crippen molar-refractivity contribution in [3.05, 3.63) is 29.8 Å². The molecule has 2 N–H and O–H groups in total. The van der Waals surface area contributed by atoms with Gasteiger partial charge < -0.3 is 10.6 Å². The Morgan fingerprint density at radius 1 is 1.17 bits per heavy atom. The minimum Gasteiger partial charge on any atom is -0.326 e. The number of hydrogen-bond donors (Lipinski definition) is 2. The number of rotatable bonds is 6. The van der Waals surface area contributed by atoms with Gasteiger partial charge in [-0.25, -0.2) is 0 Å². The number of benzene rings is 1. The fraction of sp³-hybridized carbons (Fsp3) is 0.588. The van der Waals surface area contributed by atoms with Gasteiger partial charge in [-0.1, -0.05) is 12.1 Å². The minimum absolute atomic E-state index is 0. The van der Waals surface area contributed by atoms with Crippen LogP contribution in [0.25, 0.3) is 0 Å². The van der Waals surface area contributed by atoms with Gasteiger partial charge in [0.05, 0.1) is 0 Å². The Bertz CT molecular complexity index is 500. The molecule has 0 aromatic heterocycles. The molecule has 0 unspecified atom stereocenters. The van der Waals surface area contributed by atoms with Crippen LogP contribution in [0.1, 0.15) is 37.7 Å². The molecule has 1 aromatic carbocycles. The maximum Gasteiger partial charge on any atom is 0.389 e. The highest BCUT2D eigenvalue weighted by molar-refractivity contribution is 5.90. The first kappa shape index (κ1) is 20.8. The van der Waals surface area contributed by atoms with E-state index in [1.165, 1.54) is 0 Å². The molecule has 0 spiro atoms. The predicted octanol–water partition coefficient (Wildman–Crippen LogP) is 4.32. The van der Waals surface area contributed by atoms with Crippen molar-refractivity contribution in [1.29, 1.82) is 0 Å². The second kappa shape index (κ2) is 9.89. The van der Waals surface area contributed by atoms with Gasteiger partial charge in [0.25, 0.3) is 0 Å². The maximum atomic E-state index is 12.2. The molecule has 0 atom stereocenters. The molecular formula is C17H24ClF3N2O. The monoisotopic (exact) mass is 364 g/mol. The maximum absolute atomic E-state index is 12.2. The van der Waals surface area contributed by atoms with Crippen molar-refractivity contribution < 1.29 is 18.0 Å². The fourth-order valence-electron chi connectivity index (χ4n) is 2.77. The van der Waals surface area contributed by atoms with Crippen LogP contribution in [0.3, 0.4) is 0 Å². The van der Waals surface area contributed by atoms with Gasteiger partial charge in [0.1, 0.15) is 0 Å². The van der Waals surface area contributed by atoms with Crippen molar-refractivity contribution in [2.75, 3.05) is 18.4 Å². The fourth-order valence-corrected chi connectivity index (χ4v) is 2.77. The summed E-state index contributed by atoms with van der Waals surface area (Å²) in [6, 6.07) is 6.59. The first-order valence-corrected chi connectivity index (χ1v) is 8.08. The lowest BCUT2D eigenvalue weighted by Crippen LogP contribution is -2.28. The van der Waals surface area contributed by atoms with E-state index in [0.29, 0.717) is 23.6 Å². The Kier molecular flexibility index (Phi) is 8.56. The third-order valence-electron chi connectivity index (χ3n) is 4.17. The van der Waals surface area contributed by atoms with Crippen LogP contribution in [0.4, 0.5) is 18.9 Å². The Labute approximate surface area is 146 Å². The van der Waals surface area contributed by atoms with E-state index < -0.39 is 12.6 Å². The minimum atomic E-state index is -4.14. The standard InChI is InChI=1S/C17H23F3N2O.ClH/c18-17(19,20)10-7-13-1-4-15(5-2-13)22-16(23)6-3-14-8-11-21-12-9-14;/h1-2,4-5,14,21H,3,6-12H2,(H,22,23);1H. The van der Waals surface area contributed by atoms with E-state index in [1.54, 1.807) is 24.3 Å². The number of amides is 1. The molecule has 24 heavy (non-hydrogen) atoms. The van der Waals surface area contributed by atoms with Crippen molar-refractivity contribution in [2.24, 2.45) is 5.92 Å². The Hall–Kier alpha value is -1.27. The van der Waals surface area contributed by atoms with Crippen LogP contribution < -0.4 is 10.6 Å². The number of carbonyl (C=O) groups excluding carboxylic acids is 1. The number of nitrogens with one attached hydrogen (secondary N) is 2. The van der Waals surface area contributed by atoms with E-state index >= 15 is 0 Å². The Morgan fingerprint density at radius 3 is 2.38 bits per heavy atom. The number of aryl methyl sites for hydroxylation is 1. The molecule has 0 aliphatic carbocycles. The summed E-state index contributed by atoms with van der Waals surface area (Å²) < 4.78 is 36.5. The lowest BCUT2D eigenvalue weighted by Gasteiger charge is -2.22. The van der Waals surface area contributed by atoms with Gasteiger partial charge in [-0.15, -0.1) is 12.4 Å². The third kappa shape index (κ3) is 8.02. The van der Waals surface area contributed by atoms with Crippen LogP contribution in [0.15, 0.2) is 24.3 Å². The van der Waals surface area contributed by atoms with Crippen molar-refractivity contribution in [3.63, 3.8) is 0 Å². The van der Waals surface area contributed by atoms with Crippen LogP contribution in [-0.4, -0.2) is 25.2 Å². The van der Waals surface area contributed by atoms with E-state index in [1.807, 2.05) is 0 Å². The number of hydrogen-bond acceptors (Lipinski definition) is 2. The Morgan fingerprint density at radius 2 is 1.79 bits per heavy atom. The highest BCUT2D eigenvalue weighted by Crippen LogP contribution is 2.23. The largest absolute Gasteiger partial charge is 0.389 e. The quantitative estimate of drug-likeness (QED) is 0.789. The molecule has 136 valence electrons. The number of halogens is 4. The zero-order chi connectivity index (χ0) is 16.7. The van der Waals surface area contributed by atoms with Crippen molar-refractivity contribution in [3.8, 4) is 0 Å². The summed E-state index contributed by atoms with van der Waals surface area (Å²) in [6.45, 7) is 2.04. The number of piperidine rings is 1. The van der Waals surface area contributed by atoms with Gasteiger partial charge >= 0.3 is 6.18 Å². The van der Waals surface area contributed by atoms with E-state index in [4.69, 9.17) is 0 Å². The first-order valence-electron chi connectivity index (χ1n) is 8.08. The average Bonchev–Trinajstić information content (AvgIpc) is 2.53. The van der Waals surface area contributed by atoms with Gasteiger partial charge in [0.15, 0.2) is 0 Å². The molecule has 3 nitrogen and oxygen atoms in total. The second-order valence-electron chi connectivity index (χ2n) is 6.09. The summed E-state index contributed by atoms with van der Waals surface area (Å²) >= 11 is 0. The molecule has 7 heteroatoms. The summed E-state index contributed by atoms with van der Waals surface area (Å²) in [4.78, 5) is 11.9. The highest BCUT2D eigenvalue weighted by atomic mass is 35.5. The molecule has 1 fully saturated rings. The van der Waals surface area contributed by atoms with Crippen molar-refractivity contribution in [2.45, 2.75) is 44.7 Å². The summed E-state index contributed by atoms with van der Waals surface area (Å²) in [5, 5.41) is 6.10. The number of carbonyl (C=O) groups is 1. The van der Waals surface area contributed by atoms with Gasteiger partial charge in [-0.05, 0) is 62.4 Å². The first-order chi connectivity index (χ1) is 10.9. The molecule has 0 saturated carbocycles. The molecule has 1 amide bonds. The van der Waals surface area contributed by atoms with E-state index in [9.17, 15) is 18.0 Å².